The van der Waals surface area contributed by atoms with Gasteiger partial charge in [-0.3, -0.25) is 9.56 Å². The van der Waals surface area contributed by atoms with Crippen LogP contribution in [0.15, 0.2) is 66.3 Å². The lowest BCUT2D eigenvalue weighted by Gasteiger charge is -2.31. The van der Waals surface area contributed by atoms with Crippen LogP contribution < -0.4 is 5.32 Å². The van der Waals surface area contributed by atoms with E-state index in [2.05, 4.69) is 55.5 Å². The smallest absolute Gasteiger partial charge is 0.194 e. The third-order valence-corrected chi connectivity index (χ3v) is 4.70. The zero-order valence-corrected chi connectivity index (χ0v) is 14.8. The average Bonchev–Trinajstić information content (AvgIpc) is 3.23. The predicted octanol–water partition coefficient (Wildman–Crippen LogP) is 2.40. The van der Waals surface area contributed by atoms with Gasteiger partial charge in [-0.1, -0.05) is 30.3 Å². The van der Waals surface area contributed by atoms with Gasteiger partial charge in [0.1, 0.15) is 12.1 Å². The molecule has 132 valence electrons. The van der Waals surface area contributed by atoms with E-state index < -0.39 is 0 Å². The molecule has 0 saturated carbocycles. The Bertz CT molecular complexity index is 900. The molecule has 0 aliphatic carbocycles. The molecule has 4 rings (SSSR count). The van der Waals surface area contributed by atoms with Crippen molar-refractivity contribution in [1.29, 1.82) is 0 Å². The summed E-state index contributed by atoms with van der Waals surface area (Å²) in [6.07, 6.45) is 8.28. The highest BCUT2D eigenvalue weighted by Crippen LogP contribution is 2.18. The summed E-state index contributed by atoms with van der Waals surface area (Å²) in [4.78, 5) is 15.4. The number of nitrogens with zero attached hydrogens (tertiary/aromatic N) is 5. The molecule has 6 nitrogen and oxygen atoms in total. The molecule has 6 heteroatoms. The van der Waals surface area contributed by atoms with Crippen LogP contribution in [-0.4, -0.2) is 39.0 Å². The molecule has 0 saturated heterocycles. The molecule has 1 N–H and O–H groups in total. The van der Waals surface area contributed by atoms with Gasteiger partial charge in [-0.05, 0) is 23.6 Å². The van der Waals surface area contributed by atoms with Crippen LogP contribution in [-0.2, 0) is 19.5 Å². The van der Waals surface area contributed by atoms with Crippen LogP contribution in [0, 0.1) is 0 Å². The summed E-state index contributed by atoms with van der Waals surface area (Å²) in [5, 5.41) is 3.49. The first-order chi connectivity index (χ1) is 12.8. The Morgan fingerprint density at radius 1 is 1.15 bits per heavy atom. The zero-order valence-electron chi connectivity index (χ0n) is 14.8. The number of pyridine rings is 1. The number of fused-ring (bicyclic) bond motifs is 1. The van der Waals surface area contributed by atoms with Crippen molar-refractivity contribution in [3.8, 4) is 5.82 Å². The van der Waals surface area contributed by atoms with Gasteiger partial charge < -0.3 is 10.2 Å². The fourth-order valence-corrected chi connectivity index (χ4v) is 3.37. The van der Waals surface area contributed by atoms with Crippen LogP contribution in [0.4, 0.5) is 0 Å². The molecule has 0 unspecified atom stereocenters. The monoisotopic (exact) mass is 346 g/mol. The lowest BCUT2D eigenvalue weighted by Crippen LogP contribution is -2.43. The second kappa shape index (κ2) is 7.39. The molecule has 26 heavy (non-hydrogen) atoms. The fraction of sp³-hybridized carbons (Fsp3) is 0.250. The van der Waals surface area contributed by atoms with Crippen LogP contribution in [0.2, 0.25) is 0 Å². The first kappa shape index (κ1) is 16.3. The largest absolute Gasteiger partial charge is 0.352 e. The first-order valence-corrected chi connectivity index (χ1v) is 8.80. The number of hydrogen-bond donors (Lipinski definition) is 1. The molecule has 0 spiro atoms. The molecule has 0 amide bonds. The molecule has 0 fully saturated rings. The molecule has 1 aromatic carbocycles. The number of aliphatic imine (C=N–C) groups is 1. The van der Waals surface area contributed by atoms with Crippen LogP contribution in [0.5, 0.6) is 0 Å². The fourth-order valence-electron chi connectivity index (χ4n) is 3.37. The number of hydrogen-bond acceptors (Lipinski definition) is 3. The van der Waals surface area contributed by atoms with Gasteiger partial charge >= 0.3 is 0 Å². The quantitative estimate of drug-likeness (QED) is 0.584. The highest BCUT2D eigenvalue weighted by Gasteiger charge is 2.18. The lowest BCUT2D eigenvalue weighted by molar-refractivity contribution is 0.378. The maximum absolute atomic E-state index is 4.50. The minimum Gasteiger partial charge on any atom is -0.352 e. The van der Waals surface area contributed by atoms with Gasteiger partial charge in [-0.25, -0.2) is 9.97 Å². The van der Waals surface area contributed by atoms with E-state index in [9.17, 15) is 0 Å². The van der Waals surface area contributed by atoms with E-state index in [1.54, 1.807) is 18.7 Å². The topological polar surface area (TPSA) is 58.3 Å². The molecule has 3 aromatic rings. The average molecular weight is 346 g/mol. The molecular formula is C20H22N6. The van der Waals surface area contributed by atoms with Crippen molar-refractivity contribution in [3.05, 3.63) is 78.0 Å². The van der Waals surface area contributed by atoms with Crippen LogP contribution in [0.1, 0.15) is 16.7 Å². The first-order valence-electron chi connectivity index (χ1n) is 8.80. The van der Waals surface area contributed by atoms with Crippen molar-refractivity contribution >= 4 is 5.96 Å². The van der Waals surface area contributed by atoms with Crippen molar-refractivity contribution in [2.75, 3.05) is 13.6 Å². The number of rotatable bonds is 3. The van der Waals surface area contributed by atoms with Gasteiger partial charge in [0.2, 0.25) is 0 Å². The van der Waals surface area contributed by atoms with Crippen molar-refractivity contribution in [1.82, 2.24) is 24.8 Å². The summed E-state index contributed by atoms with van der Waals surface area (Å²) in [7, 11) is 1.84. The standard InChI is InChI=1S/C20H22N6/c1-21-20(25-11-8-16-5-2-3-6-18(16)14-25)24-13-17-7-4-9-23-19(17)26-12-10-22-15-26/h2-7,9-10,12,15H,8,11,13-14H2,1H3,(H,21,24). The number of imidazole rings is 1. The van der Waals surface area contributed by atoms with Gasteiger partial charge in [0.15, 0.2) is 5.96 Å². The summed E-state index contributed by atoms with van der Waals surface area (Å²) in [6, 6.07) is 12.7. The molecule has 2 aromatic heterocycles. The molecule has 0 atom stereocenters. The number of guanidine groups is 1. The molecule has 0 bridgehead atoms. The van der Waals surface area contributed by atoms with E-state index in [0.29, 0.717) is 6.54 Å². The predicted molar refractivity (Wildman–Crippen MR) is 102 cm³/mol. The molecule has 1 aliphatic rings. The Hall–Kier alpha value is -3.15. The van der Waals surface area contributed by atoms with Crippen molar-refractivity contribution in [3.63, 3.8) is 0 Å². The summed E-state index contributed by atoms with van der Waals surface area (Å²) >= 11 is 0. The Morgan fingerprint density at radius 2 is 2.04 bits per heavy atom. The number of aromatic nitrogens is 3. The van der Waals surface area contributed by atoms with E-state index in [4.69, 9.17) is 0 Å². The van der Waals surface area contributed by atoms with Crippen molar-refractivity contribution in [2.45, 2.75) is 19.5 Å². The normalized spacial score (nSPS) is 14.2. The summed E-state index contributed by atoms with van der Waals surface area (Å²) in [5.74, 6) is 1.80. The summed E-state index contributed by atoms with van der Waals surface area (Å²) in [5.41, 5.74) is 3.92. The van der Waals surface area contributed by atoms with Gasteiger partial charge in [-0.2, -0.15) is 0 Å². The van der Waals surface area contributed by atoms with Crippen molar-refractivity contribution < 1.29 is 0 Å². The summed E-state index contributed by atoms with van der Waals surface area (Å²) in [6.45, 7) is 2.52. The minimum atomic E-state index is 0.659. The second-order valence-electron chi connectivity index (χ2n) is 6.30. The Balaban J connectivity index is 1.48. The maximum atomic E-state index is 4.50. The Labute approximate surface area is 153 Å². The molecular weight excluding hydrogens is 324 g/mol. The lowest BCUT2D eigenvalue weighted by atomic mass is 10.0. The van der Waals surface area contributed by atoms with E-state index in [0.717, 1.165) is 36.9 Å². The van der Waals surface area contributed by atoms with Crippen LogP contribution in [0.25, 0.3) is 5.82 Å². The maximum Gasteiger partial charge on any atom is 0.194 e. The Morgan fingerprint density at radius 3 is 2.85 bits per heavy atom. The minimum absolute atomic E-state index is 0.659. The highest BCUT2D eigenvalue weighted by molar-refractivity contribution is 5.80. The molecule has 3 heterocycles. The third kappa shape index (κ3) is 3.31. The summed E-state index contributed by atoms with van der Waals surface area (Å²) < 4.78 is 1.93. The Kier molecular flexibility index (Phi) is 4.64. The molecule has 1 aliphatic heterocycles. The molecule has 0 radical (unpaired) electrons. The van der Waals surface area contributed by atoms with Crippen molar-refractivity contribution in [2.24, 2.45) is 4.99 Å². The van der Waals surface area contributed by atoms with Gasteiger partial charge in [0, 0.05) is 50.8 Å². The van der Waals surface area contributed by atoms with E-state index in [1.807, 2.05) is 23.9 Å². The second-order valence-corrected chi connectivity index (χ2v) is 6.30. The van der Waals surface area contributed by atoms with Gasteiger partial charge in [-0.15, -0.1) is 0 Å². The van der Waals surface area contributed by atoms with Crippen LogP contribution in [0.3, 0.4) is 0 Å². The van der Waals surface area contributed by atoms with Crippen LogP contribution >= 0.6 is 0 Å². The zero-order chi connectivity index (χ0) is 17.8. The van der Waals surface area contributed by atoms with E-state index >= 15 is 0 Å². The van der Waals surface area contributed by atoms with Gasteiger partial charge in [0.05, 0.1) is 0 Å². The SMILES string of the molecule is CN=C(NCc1cccnc1-n1ccnc1)N1CCc2ccccc2C1. The van der Waals surface area contributed by atoms with E-state index in [-0.39, 0.29) is 0 Å². The number of nitrogens with one attached hydrogen (secondary N) is 1. The third-order valence-electron chi connectivity index (χ3n) is 4.70. The van der Waals surface area contributed by atoms with E-state index in [1.165, 1.54) is 11.1 Å². The highest BCUT2D eigenvalue weighted by atomic mass is 15.3. The van der Waals surface area contributed by atoms with Gasteiger partial charge in [0.25, 0.3) is 0 Å². The number of benzene rings is 1.